The maximum Gasteiger partial charge on any atom is 0.416 e. The van der Waals surface area contributed by atoms with E-state index in [2.05, 4.69) is 5.32 Å². The van der Waals surface area contributed by atoms with Gasteiger partial charge in [-0.1, -0.05) is 18.6 Å². The Kier molecular flexibility index (Phi) is 3.59. The molecule has 0 radical (unpaired) electrons. The molecule has 0 amide bonds. The molecule has 3 rings (SSSR count). The minimum Gasteiger partial charge on any atom is -0.389 e. The van der Waals surface area contributed by atoms with E-state index in [1.165, 1.54) is 25.3 Å². The molecule has 21 heavy (non-hydrogen) atoms. The minimum absolute atomic E-state index is 0.00763. The van der Waals surface area contributed by atoms with Gasteiger partial charge in [-0.25, -0.2) is 0 Å². The fourth-order valence-corrected chi connectivity index (χ4v) is 3.84. The van der Waals surface area contributed by atoms with Crippen LogP contribution in [0.25, 0.3) is 0 Å². The first-order chi connectivity index (χ1) is 9.84. The lowest BCUT2D eigenvalue weighted by molar-refractivity contribution is -0.137. The Morgan fingerprint density at radius 2 is 2.00 bits per heavy atom. The third-order valence-electron chi connectivity index (χ3n) is 4.69. The topological polar surface area (TPSA) is 38.0 Å². The van der Waals surface area contributed by atoms with Crippen LogP contribution in [-0.2, 0) is 6.18 Å². The molecular weight excluding hydrogens is 297 g/mol. The maximum absolute atomic E-state index is 12.8. The molecule has 6 heteroatoms. The lowest BCUT2D eigenvalue weighted by Crippen LogP contribution is -2.27. The number of fused-ring (bicyclic) bond motifs is 2. The summed E-state index contributed by atoms with van der Waals surface area (Å²) < 4.78 is 38.4. The van der Waals surface area contributed by atoms with Crippen LogP contribution in [-0.4, -0.2) is 11.0 Å². The Balaban J connectivity index is 1.86. The first kappa shape index (κ1) is 14.6. The van der Waals surface area contributed by atoms with Crippen molar-refractivity contribution in [1.82, 2.24) is 0 Å². The zero-order valence-corrected chi connectivity index (χ0v) is 12.2. The van der Waals surface area contributed by atoms with Crippen LogP contribution in [0.4, 0.5) is 18.9 Å². The van der Waals surface area contributed by atoms with Gasteiger partial charge >= 0.3 is 6.18 Å². The summed E-state index contributed by atoms with van der Waals surface area (Å²) in [5, 5.41) is 3.37. The smallest absolute Gasteiger partial charge is 0.389 e. The van der Waals surface area contributed by atoms with Gasteiger partial charge in [0.05, 0.1) is 5.56 Å². The zero-order chi connectivity index (χ0) is 15.2. The molecule has 2 nitrogen and oxygen atoms in total. The third-order valence-corrected chi connectivity index (χ3v) is 4.91. The van der Waals surface area contributed by atoms with Gasteiger partial charge in [-0.2, -0.15) is 13.2 Å². The Morgan fingerprint density at radius 1 is 1.24 bits per heavy atom. The number of nitrogens with two attached hydrogens (primary N) is 1. The summed E-state index contributed by atoms with van der Waals surface area (Å²) in [5.74, 6) is 1.38. The summed E-state index contributed by atoms with van der Waals surface area (Å²) in [6.07, 6.45) is 0.400. The second kappa shape index (κ2) is 5.16. The molecule has 0 spiro atoms. The van der Waals surface area contributed by atoms with E-state index in [9.17, 15) is 13.2 Å². The highest BCUT2D eigenvalue weighted by Gasteiger charge is 2.39. The van der Waals surface area contributed by atoms with E-state index >= 15 is 0 Å². The average Bonchev–Trinajstić information content (AvgIpc) is 2.99. The van der Waals surface area contributed by atoms with Gasteiger partial charge in [-0.05, 0) is 49.3 Å². The average molecular weight is 314 g/mol. The molecule has 0 saturated heterocycles. The van der Waals surface area contributed by atoms with Crippen molar-refractivity contribution in [3.05, 3.63) is 29.3 Å². The van der Waals surface area contributed by atoms with Crippen molar-refractivity contribution in [2.45, 2.75) is 37.9 Å². The fourth-order valence-electron chi connectivity index (χ4n) is 3.67. The van der Waals surface area contributed by atoms with Gasteiger partial charge in [-0.15, -0.1) is 0 Å². The standard InChI is InChI=1S/C15H17F3N2S/c16-15(17,18)10-3-4-12(11(7-10)14(19)21)20-13-6-8-1-2-9(13)5-8/h3-4,7-9,13,20H,1-2,5-6H2,(H2,19,21). The summed E-state index contributed by atoms with van der Waals surface area (Å²) in [5.41, 5.74) is 5.78. The summed E-state index contributed by atoms with van der Waals surface area (Å²) in [6.45, 7) is 0. The van der Waals surface area contributed by atoms with Crippen molar-refractivity contribution in [1.29, 1.82) is 0 Å². The van der Waals surface area contributed by atoms with Gasteiger partial charge < -0.3 is 11.1 Å². The number of hydrogen-bond donors (Lipinski definition) is 2. The molecule has 0 aliphatic heterocycles. The molecule has 3 atom stereocenters. The first-order valence-electron chi connectivity index (χ1n) is 7.12. The molecule has 1 aromatic carbocycles. The number of nitrogens with one attached hydrogen (secondary N) is 1. The van der Waals surface area contributed by atoms with E-state index in [1.807, 2.05) is 0 Å². The van der Waals surface area contributed by atoms with Gasteiger partial charge in [0.15, 0.2) is 0 Å². The summed E-state index contributed by atoms with van der Waals surface area (Å²) in [7, 11) is 0. The second-order valence-electron chi connectivity index (χ2n) is 6.05. The lowest BCUT2D eigenvalue weighted by atomic mass is 9.94. The number of benzene rings is 1. The van der Waals surface area contributed by atoms with Gasteiger partial charge in [0.1, 0.15) is 4.99 Å². The molecule has 2 fully saturated rings. The maximum atomic E-state index is 12.8. The highest BCUT2D eigenvalue weighted by molar-refractivity contribution is 7.80. The number of anilines is 1. The fraction of sp³-hybridized carbons (Fsp3) is 0.533. The number of hydrogen-bond acceptors (Lipinski definition) is 2. The monoisotopic (exact) mass is 314 g/mol. The zero-order valence-electron chi connectivity index (χ0n) is 11.4. The number of thiocarbonyl (C=S) groups is 1. The van der Waals surface area contributed by atoms with E-state index in [0.717, 1.165) is 24.5 Å². The molecule has 3 N–H and O–H groups in total. The normalized spacial score (nSPS) is 27.9. The number of alkyl halides is 3. The summed E-state index contributed by atoms with van der Waals surface area (Å²) in [6, 6.07) is 3.90. The van der Waals surface area contributed by atoms with Crippen molar-refractivity contribution in [3.8, 4) is 0 Å². The first-order valence-corrected chi connectivity index (χ1v) is 7.53. The van der Waals surface area contributed by atoms with Gasteiger partial charge in [-0.3, -0.25) is 0 Å². The number of rotatable bonds is 3. The molecule has 2 bridgehead atoms. The molecule has 2 aliphatic carbocycles. The van der Waals surface area contributed by atoms with E-state index in [4.69, 9.17) is 18.0 Å². The Morgan fingerprint density at radius 3 is 2.52 bits per heavy atom. The van der Waals surface area contributed by atoms with Crippen molar-refractivity contribution < 1.29 is 13.2 Å². The second-order valence-corrected chi connectivity index (χ2v) is 6.49. The van der Waals surface area contributed by atoms with E-state index in [-0.39, 0.29) is 10.6 Å². The molecule has 2 saturated carbocycles. The van der Waals surface area contributed by atoms with E-state index in [0.29, 0.717) is 17.6 Å². The summed E-state index contributed by atoms with van der Waals surface area (Å²) >= 11 is 4.91. The van der Waals surface area contributed by atoms with E-state index < -0.39 is 11.7 Å². The molecule has 0 aromatic heterocycles. The molecule has 0 heterocycles. The quantitative estimate of drug-likeness (QED) is 0.830. The van der Waals surface area contributed by atoms with Crippen LogP contribution < -0.4 is 11.1 Å². The van der Waals surface area contributed by atoms with Crippen molar-refractivity contribution in [2.75, 3.05) is 5.32 Å². The van der Waals surface area contributed by atoms with Crippen LogP contribution in [0.3, 0.4) is 0 Å². The van der Waals surface area contributed by atoms with Crippen LogP contribution in [0.5, 0.6) is 0 Å². The molecule has 114 valence electrons. The predicted molar refractivity (Wildman–Crippen MR) is 80.2 cm³/mol. The highest BCUT2D eigenvalue weighted by atomic mass is 32.1. The Hall–Kier alpha value is -1.30. The minimum atomic E-state index is -4.38. The largest absolute Gasteiger partial charge is 0.416 e. The summed E-state index contributed by atoms with van der Waals surface area (Å²) in [4.78, 5) is -0.00763. The number of halogens is 3. The molecular formula is C15H17F3N2S. The van der Waals surface area contributed by atoms with Crippen LogP contribution in [0.2, 0.25) is 0 Å². The van der Waals surface area contributed by atoms with Gasteiger partial charge in [0.2, 0.25) is 0 Å². The Bertz CT molecular complexity index is 571. The molecule has 2 aliphatic rings. The molecule has 1 aromatic rings. The van der Waals surface area contributed by atoms with Crippen LogP contribution >= 0.6 is 12.2 Å². The lowest BCUT2D eigenvalue weighted by Gasteiger charge is -2.25. The van der Waals surface area contributed by atoms with Crippen LogP contribution in [0, 0.1) is 11.8 Å². The van der Waals surface area contributed by atoms with Crippen LogP contribution in [0.15, 0.2) is 18.2 Å². The van der Waals surface area contributed by atoms with Gasteiger partial charge in [0.25, 0.3) is 0 Å². The van der Waals surface area contributed by atoms with Gasteiger partial charge in [0, 0.05) is 17.3 Å². The van der Waals surface area contributed by atoms with Crippen LogP contribution in [0.1, 0.15) is 36.8 Å². The molecule has 3 unspecified atom stereocenters. The van der Waals surface area contributed by atoms with Crippen molar-refractivity contribution in [3.63, 3.8) is 0 Å². The highest BCUT2D eigenvalue weighted by Crippen LogP contribution is 2.46. The van der Waals surface area contributed by atoms with Crippen molar-refractivity contribution >= 4 is 22.9 Å². The van der Waals surface area contributed by atoms with Crippen molar-refractivity contribution in [2.24, 2.45) is 17.6 Å². The predicted octanol–water partition coefficient (Wildman–Crippen LogP) is 3.94. The SMILES string of the molecule is NC(=S)c1cc(C(F)(F)F)ccc1NC1CC2CCC1C2. The Labute approximate surface area is 126 Å². The van der Waals surface area contributed by atoms with E-state index in [1.54, 1.807) is 0 Å². The third kappa shape index (κ3) is 2.86.